The molecule has 9 heteroatoms. The molecule has 0 fully saturated rings. The summed E-state index contributed by atoms with van der Waals surface area (Å²) in [5.74, 6) is -0.611. The van der Waals surface area contributed by atoms with Crippen molar-refractivity contribution in [3.8, 4) is 5.75 Å². The van der Waals surface area contributed by atoms with Gasteiger partial charge in [0.1, 0.15) is 18.2 Å². The maximum atomic E-state index is 12.9. The third-order valence-electron chi connectivity index (χ3n) is 4.41. The van der Waals surface area contributed by atoms with Crippen molar-refractivity contribution in [2.24, 2.45) is 5.10 Å². The molecule has 0 heterocycles. The molecule has 0 aliphatic carbocycles. The maximum absolute atomic E-state index is 12.9. The van der Waals surface area contributed by atoms with Crippen molar-refractivity contribution < 1.29 is 18.7 Å². The van der Waals surface area contributed by atoms with Crippen LogP contribution >= 0.6 is 27.5 Å². The third kappa shape index (κ3) is 8.00. The summed E-state index contributed by atoms with van der Waals surface area (Å²) < 4.78 is 19.6. The van der Waals surface area contributed by atoms with Gasteiger partial charge in [0, 0.05) is 39.2 Å². The number of benzene rings is 3. The highest BCUT2D eigenvalue weighted by Gasteiger charge is 2.08. The van der Waals surface area contributed by atoms with Gasteiger partial charge in [-0.2, -0.15) is 5.10 Å². The summed E-state index contributed by atoms with van der Waals surface area (Å²) in [6.07, 6.45) is 1.36. The molecule has 0 spiro atoms. The Balaban J connectivity index is 1.51. The molecule has 0 unspecified atom stereocenters. The van der Waals surface area contributed by atoms with Crippen LogP contribution in [0, 0.1) is 5.82 Å². The SMILES string of the molecule is O=C(CCC(=O)Nc1ccc(F)cc1)NN=Cc1cc(Br)ccc1OCc1ccccc1Cl. The van der Waals surface area contributed by atoms with Gasteiger partial charge in [-0.25, -0.2) is 9.82 Å². The quantitative estimate of drug-likeness (QED) is 0.274. The molecule has 170 valence electrons. The number of nitrogens with zero attached hydrogens (tertiary/aromatic N) is 1. The van der Waals surface area contributed by atoms with E-state index in [0.717, 1.165) is 10.0 Å². The normalized spacial score (nSPS) is 10.8. The second-order valence-corrected chi connectivity index (χ2v) is 8.23. The largest absolute Gasteiger partial charge is 0.488 e. The Hall–Kier alpha value is -3.23. The Morgan fingerprint density at radius 1 is 1.03 bits per heavy atom. The van der Waals surface area contributed by atoms with E-state index in [0.29, 0.717) is 22.0 Å². The summed E-state index contributed by atoms with van der Waals surface area (Å²) in [7, 11) is 0. The van der Waals surface area contributed by atoms with E-state index in [2.05, 4.69) is 31.8 Å². The Morgan fingerprint density at radius 2 is 1.76 bits per heavy atom. The molecular formula is C24H20BrClFN3O3. The minimum Gasteiger partial charge on any atom is -0.488 e. The highest BCUT2D eigenvalue weighted by Crippen LogP contribution is 2.24. The molecule has 0 bridgehead atoms. The van der Waals surface area contributed by atoms with Gasteiger partial charge >= 0.3 is 0 Å². The van der Waals surface area contributed by atoms with Gasteiger partial charge in [-0.1, -0.05) is 45.7 Å². The van der Waals surface area contributed by atoms with Crippen LogP contribution in [0.3, 0.4) is 0 Å². The summed E-state index contributed by atoms with van der Waals surface area (Å²) in [5, 5.41) is 7.17. The zero-order valence-corrected chi connectivity index (χ0v) is 19.7. The van der Waals surface area contributed by atoms with Gasteiger partial charge < -0.3 is 10.1 Å². The van der Waals surface area contributed by atoms with E-state index in [-0.39, 0.29) is 25.4 Å². The minimum atomic E-state index is -0.422. The van der Waals surface area contributed by atoms with Gasteiger partial charge in [0.2, 0.25) is 11.8 Å². The average molecular weight is 533 g/mol. The van der Waals surface area contributed by atoms with Crippen LogP contribution in [-0.2, 0) is 16.2 Å². The fourth-order valence-corrected chi connectivity index (χ4v) is 3.31. The number of hydrogen-bond acceptors (Lipinski definition) is 4. The van der Waals surface area contributed by atoms with E-state index in [4.69, 9.17) is 16.3 Å². The molecule has 3 aromatic carbocycles. The summed E-state index contributed by atoms with van der Waals surface area (Å²) in [6.45, 7) is 0.275. The molecule has 0 radical (unpaired) electrons. The molecule has 2 amide bonds. The smallest absolute Gasteiger partial charge is 0.240 e. The molecule has 2 N–H and O–H groups in total. The Bertz CT molecular complexity index is 1160. The number of ether oxygens (including phenoxy) is 1. The van der Waals surface area contributed by atoms with E-state index in [1.165, 1.54) is 30.5 Å². The van der Waals surface area contributed by atoms with Crippen molar-refractivity contribution >= 4 is 51.2 Å². The number of carbonyl (C=O) groups excluding carboxylic acids is 2. The van der Waals surface area contributed by atoms with Crippen molar-refractivity contribution in [2.45, 2.75) is 19.4 Å². The number of hydrazone groups is 1. The lowest BCUT2D eigenvalue weighted by Crippen LogP contribution is -2.20. The number of carbonyl (C=O) groups is 2. The van der Waals surface area contributed by atoms with Crippen LogP contribution in [0.5, 0.6) is 5.75 Å². The molecule has 0 aliphatic rings. The number of anilines is 1. The summed E-state index contributed by atoms with van der Waals surface area (Å²) in [4.78, 5) is 24.0. The molecule has 0 atom stereocenters. The molecule has 6 nitrogen and oxygen atoms in total. The molecular weight excluding hydrogens is 513 g/mol. The van der Waals surface area contributed by atoms with Crippen LogP contribution in [-0.4, -0.2) is 18.0 Å². The topological polar surface area (TPSA) is 79.8 Å². The predicted octanol–water partition coefficient (Wildman–Crippen LogP) is 5.69. The van der Waals surface area contributed by atoms with E-state index < -0.39 is 11.7 Å². The lowest BCUT2D eigenvalue weighted by atomic mass is 10.2. The van der Waals surface area contributed by atoms with Crippen LogP contribution in [0.1, 0.15) is 24.0 Å². The first-order chi connectivity index (χ1) is 15.9. The Morgan fingerprint density at radius 3 is 2.52 bits per heavy atom. The van der Waals surface area contributed by atoms with Crippen LogP contribution in [0.4, 0.5) is 10.1 Å². The number of nitrogens with one attached hydrogen (secondary N) is 2. The number of hydrogen-bond donors (Lipinski definition) is 2. The highest BCUT2D eigenvalue weighted by molar-refractivity contribution is 9.10. The lowest BCUT2D eigenvalue weighted by Gasteiger charge is -2.10. The zero-order chi connectivity index (χ0) is 23.6. The van der Waals surface area contributed by atoms with Crippen LogP contribution < -0.4 is 15.5 Å². The predicted molar refractivity (Wildman–Crippen MR) is 130 cm³/mol. The van der Waals surface area contributed by atoms with E-state index >= 15 is 0 Å². The summed E-state index contributed by atoms with van der Waals surface area (Å²) in [6, 6.07) is 18.2. The molecule has 0 saturated carbocycles. The van der Waals surface area contributed by atoms with Gasteiger partial charge in [0.05, 0.1) is 6.21 Å². The fraction of sp³-hybridized carbons (Fsp3) is 0.125. The van der Waals surface area contributed by atoms with Crippen LogP contribution in [0.15, 0.2) is 76.3 Å². The first-order valence-electron chi connectivity index (χ1n) is 9.94. The van der Waals surface area contributed by atoms with Crippen molar-refractivity contribution in [2.75, 3.05) is 5.32 Å². The van der Waals surface area contributed by atoms with Crippen molar-refractivity contribution in [1.29, 1.82) is 0 Å². The average Bonchev–Trinajstić information content (AvgIpc) is 2.80. The summed E-state index contributed by atoms with van der Waals surface area (Å²) in [5.41, 5.74) is 4.34. The number of halogens is 3. The first kappa shape index (κ1) is 24.4. The molecule has 0 saturated heterocycles. The van der Waals surface area contributed by atoms with Gasteiger partial charge in [0.15, 0.2) is 0 Å². The third-order valence-corrected chi connectivity index (χ3v) is 5.27. The second kappa shape index (κ2) is 12.1. The maximum Gasteiger partial charge on any atom is 0.240 e. The van der Waals surface area contributed by atoms with Gasteiger partial charge in [-0.3, -0.25) is 9.59 Å². The Labute approximate surface area is 203 Å². The number of amides is 2. The molecule has 3 rings (SSSR count). The van der Waals surface area contributed by atoms with Crippen molar-refractivity contribution in [1.82, 2.24) is 5.43 Å². The van der Waals surface area contributed by atoms with Crippen molar-refractivity contribution in [3.05, 3.63) is 93.2 Å². The Kier molecular flexibility index (Phi) is 8.97. The summed E-state index contributed by atoms with van der Waals surface area (Å²) >= 11 is 9.58. The molecule has 33 heavy (non-hydrogen) atoms. The van der Waals surface area contributed by atoms with Crippen molar-refractivity contribution in [3.63, 3.8) is 0 Å². The van der Waals surface area contributed by atoms with E-state index in [1.54, 1.807) is 18.2 Å². The minimum absolute atomic E-state index is 0.0399. The first-order valence-corrected chi connectivity index (χ1v) is 11.1. The highest BCUT2D eigenvalue weighted by atomic mass is 79.9. The number of rotatable bonds is 9. The second-order valence-electron chi connectivity index (χ2n) is 6.91. The van der Waals surface area contributed by atoms with Gasteiger partial charge in [-0.05, 0) is 48.5 Å². The van der Waals surface area contributed by atoms with Gasteiger partial charge in [-0.15, -0.1) is 0 Å². The van der Waals surface area contributed by atoms with Gasteiger partial charge in [0.25, 0.3) is 0 Å². The van der Waals surface area contributed by atoms with Crippen LogP contribution in [0.25, 0.3) is 0 Å². The zero-order valence-electron chi connectivity index (χ0n) is 17.4. The van der Waals surface area contributed by atoms with Crippen LogP contribution in [0.2, 0.25) is 5.02 Å². The molecule has 3 aromatic rings. The molecule has 0 aromatic heterocycles. The van der Waals surface area contributed by atoms with E-state index in [1.807, 2.05) is 24.3 Å². The lowest BCUT2D eigenvalue weighted by molar-refractivity contribution is -0.124. The molecule has 0 aliphatic heterocycles. The van der Waals surface area contributed by atoms with E-state index in [9.17, 15) is 14.0 Å². The fourth-order valence-electron chi connectivity index (χ4n) is 2.74. The monoisotopic (exact) mass is 531 g/mol. The standard InChI is InChI=1S/C24H20BrClFN3O3/c25-18-5-10-22(33-15-16-3-1-2-4-21(16)26)17(13-18)14-28-30-24(32)12-11-23(31)29-20-8-6-19(27)7-9-20/h1-10,13-14H,11-12,15H2,(H,29,31)(H,30,32).